The average molecular weight is 281 g/mol. The molecular formula is C14H17ClN2S. The number of nitrogens with zero attached hydrogens (tertiary/aromatic N) is 2. The van der Waals surface area contributed by atoms with Gasteiger partial charge in [-0.05, 0) is 49.3 Å². The molecule has 1 aliphatic heterocycles. The van der Waals surface area contributed by atoms with Gasteiger partial charge in [0, 0.05) is 23.9 Å². The molecule has 0 aliphatic carbocycles. The topological polar surface area (TPSA) is 16.1 Å². The van der Waals surface area contributed by atoms with Crippen molar-refractivity contribution in [2.24, 2.45) is 0 Å². The highest BCUT2D eigenvalue weighted by Crippen LogP contribution is 2.35. The first-order valence-electron chi connectivity index (χ1n) is 6.57. The minimum Gasteiger partial charge on any atom is -0.359 e. The van der Waals surface area contributed by atoms with Gasteiger partial charge in [-0.3, -0.25) is 0 Å². The molecule has 1 unspecified atom stereocenters. The van der Waals surface area contributed by atoms with E-state index in [4.69, 9.17) is 11.6 Å². The Balaban J connectivity index is 1.96. The van der Waals surface area contributed by atoms with Gasteiger partial charge in [-0.25, -0.2) is 0 Å². The monoisotopic (exact) mass is 280 g/mol. The normalized spacial score (nSPS) is 20.5. The highest BCUT2D eigenvalue weighted by molar-refractivity contribution is 7.11. The van der Waals surface area contributed by atoms with Crippen LogP contribution in [0, 0.1) is 0 Å². The molecule has 96 valence electrons. The van der Waals surface area contributed by atoms with E-state index in [1.807, 2.05) is 0 Å². The Labute approximate surface area is 117 Å². The lowest BCUT2D eigenvalue weighted by Gasteiger charge is -2.36. The first-order chi connectivity index (χ1) is 8.90. The molecule has 0 bridgehead atoms. The standard InChI is InChI=1S/C14H17ClN2S/c15-9-8-11-5-3-4-10-17(11)14-12-6-1-2-7-13(12)16-18-14/h1-2,6-7,11H,3-5,8-10H2. The number of piperidine rings is 1. The average Bonchev–Trinajstić information content (AvgIpc) is 2.84. The number of halogens is 1. The zero-order chi connectivity index (χ0) is 12.4. The highest BCUT2D eigenvalue weighted by Gasteiger charge is 2.24. The number of benzene rings is 1. The summed E-state index contributed by atoms with van der Waals surface area (Å²) in [5.74, 6) is 0.748. The molecule has 0 saturated carbocycles. The minimum absolute atomic E-state index is 0.597. The molecule has 4 heteroatoms. The van der Waals surface area contributed by atoms with Crippen molar-refractivity contribution >= 4 is 39.0 Å². The summed E-state index contributed by atoms with van der Waals surface area (Å²) in [6.45, 7) is 1.15. The summed E-state index contributed by atoms with van der Waals surface area (Å²) in [5, 5.41) is 2.63. The highest BCUT2D eigenvalue weighted by atomic mass is 35.5. The Morgan fingerprint density at radius 3 is 3.11 bits per heavy atom. The third kappa shape index (κ3) is 2.21. The number of fused-ring (bicyclic) bond motifs is 1. The van der Waals surface area contributed by atoms with Crippen LogP contribution < -0.4 is 4.90 Å². The second-order valence-corrected chi connectivity index (χ2v) is 5.96. The van der Waals surface area contributed by atoms with Crippen LogP contribution in [0.4, 0.5) is 5.00 Å². The fourth-order valence-electron chi connectivity index (χ4n) is 2.78. The molecule has 2 aromatic rings. The van der Waals surface area contributed by atoms with Crippen molar-refractivity contribution in [2.45, 2.75) is 31.7 Å². The van der Waals surface area contributed by atoms with Crippen LogP contribution in [0.1, 0.15) is 25.7 Å². The third-order valence-electron chi connectivity index (χ3n) is 3.70. The van der Waals surface area contributed by atoms with Gasteiger partial charge in [0.2, 0.25) is 0 Å². The second-order valence-electron chi connectivity index (χ2n) is 4.83. The van der Waals surface area contributed by atoms with Gasteiger partial charge in [-0.2, -0.15) is 4.37 Å². The second kappa shape index (κ2) is 5.45. The fourth-order valence-corrected chi connectivity index (χ4v) is 3.99. The summed E-state index contributed by atoms with van der Waals surface area (Å²) in [4.78, 5) is 2.53. The summed E-state index contributed by atoms with van der Waals surface area (Å²) in [6.07, 6.45) is 4.95. The molecule has 2 heterocycles. The molecule has 0 N–H and O–H groups in total. The lowest BCUT2D eigenvalue weighted by Crippen LogP contribution is -2.39. The van der Waals surface area contributed by atoms with Gasteiger partial charge in [-0.15, -0.1) is 11.6 Å². The molecular weight excluding hydrogens is 264 g/mol. The van der Waals surface area contributed by atoms with Gasteiger partial charge in [0.15, 0.2) is 0 Å². The predicted molar refractivity (Wildman–Crippen MR) is 79.9 cm³/mol. The number of hydrogen-bond donors (Lipinski definition) is 0. The number of alkyl halides is 1. The zero-order valence-electron chi connectivity index (χ0n) is 10.3. The quantitative estimate of drug-likeness (QED) is 0.780. The van der Waals surface area contributed by atoms with Crippen molar-refractivity contribution in [3.63, 3.8) is 0 Å². The number of hydrogen-bond acceptors (Lipinski definition) is 3. The van der Waals surface area contributed by atoms with Crippen molar-refractivity contribution in [1.82, 2.24) is 4.37 Å². The summed E-state index contributed by atoms with van der Waals surface area (Å²) in [7, 11) is 0. The van der Waals surface area contributed by atoms with Gasteiger partial charge in [0.1, 0.15) is 5.00 Å². The van der Waals surface area contributed by atoms with Crippen LogP contribution in [0.3, 0.4) is 0 Å². The molecule has 3 rings (SSSR count). The molecule has 2 nitrogen and oxygen atoms in total. The molecule has 18 heavy (non-hydrogen) atoms. The number of aromatic nitrogens is 1. The predicted octanol–water partition coefficient (Wildman–Crippen LogP) is 4.28. The molecule has 1 aliphatic rings. The SMILES string of the molecule is ClCCC1CCCCN1c1snc2ccccc12. The Morgan fingerprint density at radius 2 is 2.22 bits per heavy atom. The lowest BCUT2D eigenvalue weighted by molar-refractivity contribution is 0.454. The summed E-state index contributed by atoms with van der Waals surface area (Å²) in [5.41, 5.74) is 1.12. The molecule has 0 spiro atoms. The largest absolute Gasteiger partial charge is 0.359 e. The Bertz CT molecular complexity index is 523. The van der Waals surface area contributed by atoms with Crippen molar-refractivity contribution in [2.75, 3.05) is 17.3 Å². The number of anilines is 1. The summed E-state index contributed by atoms with van der Waals surface area (Å²) >= 11 is 7.57. The van der Waals surface area contributed by atoms with E-state index < -0.39 is 0 Å². The molecule has 0 amide bonds. The van der Waals surface area contributed by atoms with Crippen LogP contribution >= 0.6 is 23.1 Å². The van der Waals surface area contributed by atoms with E-state index in [0.717, 1.165) is 24.4 Å². The van der Waals surface area contributed by atoms with E-state index in [0.29, 0.717) is 6.04 Å². The van der Waals surface area contributed by atoms with Crippen LogP contribution in [-0.2, 0) is 0 Å². The van der Waals surface area contributed by atoms with Crippen molar-refractivity contribution in [3.8, 4) is 0 Å². The molecule has 1 aromatic carbocycles. The maximum atomic E-state index is 5.94. The third-order valence-corrected chi connectivity index (χ3v) is 4.83. The van der Waals surface area contributed by atoms with Crippen LogP contribution in [-0.4, -0.2) is 22.8 Å². The first-order valence-corrected chi connectivity index (χ1v) is 7.88. The van der Waals surface area contributed by atoms with Gasteiger partial charge in [0.05, 0.1) is 5.52 Å². The molecule has 1 fully saturated rings. The van der Waals surface area contributed by atoms with E-state index >= 15 is 0 Å². The van der Waals surface area contributed by atoms with Crippen molar-refractivity contribution < 1.29 is 0 Å². The van der Waals surface area contributed by atoms with E-state index in [-0.39, 0.29) is 0 Å². The molecule has 0 radical (unpaired) electrons. The van der Waals surface area contributed by atoms with Crippen LogP contribution in [0.25, 0.3) is 10.9 Å². The fraction of sp³-hybridized carbons (Fsp3) is 0.500. The molecule has 1 atom stereocenters. The minimum atomic E-state index is 0.597. The van der Waals surface area contributed by atoms with E-state index in [2.05, 4.69) is 33.5 Å². The van der Waals surface area contributed by atoms with Gasteiger partial charge in [-0.1, -0.05) is 12.1 Å². The smallest absolute Gasteiger partial charge is 0.120 e. The summed E-state index contributed by atoms with van der Waals surface area (Å²) in [6, 6.07) is 9.02. The Morgan fingerprint density at radius 1 is 1.33 bits per heavy atom. The van der Waals surface area contributed by atoms with E-state index in [1.54, 1.807) is 11.5 Å². The van der Waals surface area contributed by atoms with Gasteiger partial charge < -0.3 is 4.90 Å². The van der Waals surface area contributed by atoms with E-state index in [1.165, 1.54) is 29.6 Å². The summed E-state index contributed by atoms with van der Waals surface area (Å²) < 4.78 is 4.56. The zero-order valence-corrected chi connectivity index (χ0v) is 11.9. The van der Waals surface area contributed by atoms with Crippen LogP contribution in [0.2, 0.25) is 0 Å². The Hall–Kier alpha value is -0.800. The van der Waals surface area contributed by atoms with Gasteiger partial charge in [0.25, 0.3) is 0 Å². The number of rotatable bonds is 3. The maximum absolute atomic E-state index is 5.94. The van der Waals surface area contributed by atoms with Crippen molar-refractivity contribution in [3.05, 3.63) is 24.3 Å². The lowest BCUT2D eigenvalue weighted by atomic mass is 10.00. The van der Waals surface area contributed by atoms with Crippen LogP contribution in [0.5, 0.6) is 0 Å². The van der Waals surface area contributed by atoms with Crippen LogP contribution in [0.15, 0.2) is 24.3 Å². The van der Waals surface area contributed by atoms with E-state index in [9.17, 15) is 0 Å². The Kier molecular flexibility index (Phi) is 3.71. The first kappa shape index (κ1) is 12.2. The van der Waals surface area contributed by atoms with Gasteiger partial charge >= 0.3 is 0 Å². The molecule has 1 aromatic heterocycles. The maximum Gasteiger partial charge on any atom is 0.120 e. The molecule has 1 saturated heterocycles. The van der Waals surface area contributed by atoms with Crippen molar-refractivity contribution in [1.29, 1.82) is 0 Å².